The predicted octanol–water partition coefficient (Wildman–Crippen LogP) is 3.18. The molecule has 0 radical (unpaired) electrons. The van der Waals surface area contributed by atoms with Gasteiger partial charge in [-0.2, -0.15) is 0 Å². The fourth-order valence-electron chi connectivity index (χ4n) is 2.16. The number of rotatable bonds is 6. The van der Waals surface area contributed by atoms with E-state index in [1.807, 2.05) is 0 Å². The summed E-state index contributed by atoms with van der Waals surface area (Å²) in [6.07, 6.45) is 0. The van der Waals surface area contributed by atoms with Crippen molar-refractivity contribution in [3.05, 3.63) is 65.2 Å². The molecule has 1 amide bonds. The van der Waals surface area contributed by atoms with Crippen LogP contribution in [0, 0.1) is 0 Å². The van der Waals surface area contributed by atoms with Gasteiger partial charge in [-0.3, -0.25) is 4.79 Å². The molecule has 0 heterocycles. The number of carbonyl (C=O) groups excluding carboxylic acids is 3. The van der Waals surface area contributed by atoms with E-state index in [-0.39, 0.29) is 12.5 Å². The van der Waals surface area contributed by atoms with Gasteiger partial charge in [0.05, 0.1) is 17.7 Å². The van der Waals surface area contributed by atoms with Crippen LogP contribution in [0.1, 0.15) is 40.1 Å². The smallest absolute Gasteiger partial charge is 0.338 e. The summed E-state index contributed by atoms with van der Waals surface area (Å²) < 4.78 is 10.2. The maximum atomic E-state index is 12.2. The SMILES string of the molecule is CCOC(=O)c1cccc(COC(=O)c2cccc(NC(C)=O)c2)c1. The minimum Gasteiger partial charge on any atom is -0.462 e. The Morgan fingerprint density at radius 2 is 1.56 bits per heavy atom. The first-order chi connectivity index (χ1) is 12.0. The lowest BCUT2D eigenvalue weighted by molar-refractivity contribution is -0.114. The van der Waals surface area contributed by atoms with Crippen LogP contribution in [0.25, 0.3) is 0 Å². The molecule has 0 aliphatic carbocycles. The molecule has 25 heavy (non-hydrogen) atoms. The zero-order valence-electron chi connectivity index (χ0n) is 14.1. The quantitative estimate of drug-likeness (QED) is 0.816. The van der Waals surface area contributed by atoms with Crippen LogP contribution in [0.15, 0.2) is 48.5 Å². The van der Waals surface area contributed by atoms with Crippen LogP contribution in [-0.2, 0) is 20.9 Å². The standard InChI is InChI=1S/C19H19NO5/c1-3-24-18(22)15-7-4-6-14(10-15)12-25-19(23)16-8-5-9-17(11-16)20-13(2)21/h4-11H,3,12H2,1-2H3,(H,20,21). The van der Waals surface area contributed by atoms with E-state index in [9.17, 15) is 14.4 Å². The van der Waals surface area contributed by atoms with E-state index in [0.717, 1.165) is 0 Å². The Labute approximate surface area is 145 Å². The van der Waals surface area contributed by atoms with Gasteiger partial charge in [0.25, 0.3) is 0 Å². The van der Waals surface area contributed by atoms with Gasteiger partial charge in [-0.25, -0.2) is 9.59 Å². The van der Waals surface area contributed by atoms with E-state index < -0.39 is 11.9 Å². The van der Waals surface area contributed by atoms with Crippen molar-refractivity contribution in [2.24, 2.45) is 0 Å². The number of ether oxygens (including phenoxy) is 2. The van der Waals surface area contributed by atoms with Crippen LogP contribution in [-0.4, -0.2) is 24.5 Å². The molecule has 2 rings (SSSR count). The van der Waals surface area contributed by atoms with Crippen LogP contribution >= 0.6 is 0 Å². The van der Waals surface area contributed by atoms with E-state index in [0.29, 0.717) is 29.0 Å². The number of esters is 2. The van der Waals surface area contributed by atoms with Gasteiger partial charge in [0.1, 0.15) is 6.61 Å². The van der Waals surface area contributed by atoms with Crippen molar-refractivity contribution in [3.63, 3.8) is 0 Å². The van der Waals surface area contributed by atoms with Gasteiger partial charge in [0.15, 0.2) is 0 Å². The van der Waals surface area contributed by atoms with E-state index in [1.54, 1.807) is 55.5 Å². The average Bonchev–Trinajstić information content (AvgIpc) is 2.60. The van der Waals surface area contributed by atoms with Gasteiger partial charge < -0.3 is 14.8 Å². The van der Waals surface area contributed by atoms with Crippen LogP contribution in [0.4, 0.5) is 5.69 Å². The Morgan fingerprint density at radius 3 is 2.24 bits per heavy atom. The van der Waals surface area contributed by atoms with Crippen molar-refractivity contribution < 1.29 is 23.9 Å². The molecule has 2 aromatic carbocycles. The highest BCUT2D eigenvalue weighted by Gasteiger charge is 2.11. The maximum absolute atomic E-state index is 12.2. The minimum absolute atomic E-state index is 0.0242. The van der Waals surface area contributed by atoms with Crippen molar-refractivity contribution in [1.82, 2.24) is 0 Å². The van der Waals surface area contributed by atoms with Crippen molar-refractivity contribution >= 4 is 23.5 Å². The summed E-state index contributed by atoms with van der Waals surface area (Å²) in [6.45, 7) is 3.44. The molecule has 0 saturated heterocycles. The normalized spacial score (nSPS) is 10.0. The molecule has 0 spiro atoms. The van der Waals surface area contributed by atoms with Gasteiger partial charge in [-0.05, 0) is 42.8 Å². The topological polar surface area (TPSA) is 81.7 Å². The molecule has 0 aromatic heterocycles. The second-order valence-corrected chi connectivity index (χ2v) is 5.26. The fraction of sp³-hybridized carbons (Fsp3) is 0.211. The van der Waals surface area contributed by atoms with Crippen molar-refractivity contribution in [2.75, 3.05) is 11.9 Å². The van der Waals surface area contributed by atoms with E-state index in [1.165, 1.54) is 6.92 Å². The lowest BCUT2D eigenvalue weighted by Crippen LogP contribution is -2.09. The Bertz CT molecular complexity index is 785. The second-order valence-electron chi connectivity index (χ2n) is 5.26. The molecule has 0 unspecified atom stereocenters. The summed E-state index contributed by atoms with van der Waals surface area (Å²) in [5, 5.41) is 2.61. The molecule has 0 saturated carbocycles. The molecule has 0 aliphatic heterocycles. The molecule has 6 nitrogen and oxygen atoms in total. The lowest BCUT2D eigenvalue weighted by Gasteiger charge is -2.08. The van der Waals surface area contributed by atoms with Crippen LogP contribution in [0.3, 0.4) is 0 Å². The maximum Gasteiger partial charge on any atom is 0.338 e. The molecule has 0 atom stereocenters. The second kappa shape index (κ2) is 8.63. The number of anilines is 1. The zero-order valence-corrected chi connectivity index (χ0v) is 14.1. The molecule has 1 N–H and O–H groups in total. The summed E-state index contributed by atoms with van der Waals surface area (Å²) in [6, 6.07) is 13.2. The van der Waals surface area contributed by atoms with Crippen LogP contribution in [0.5, 0.6) is 0 Å². The molecular formula is C19H19NO5. The van der Waals surface area contributed by atoms with Crippen molar-refractivity contribution in [3.8, 4) is 0 Å². The van der Waals surface area contributed by atoms with E-state index in [2.05, 4.69) is 5.32 Å². The Balaban J connectivity index is 2.01. The molecule has 130 valence electrons. The number of amides is 1. The number of benzene rings is 2. The third-order valence-electron chi connectivity index (χ3n) is 3.23. The van der Waals surface area contributed by atoms with Gasteiger partial charge >= 0.3 is 11.9 Å². The molecule has 0 bridgehead atoms. The summed E-state index contributed by atoms with van der Waals surface area (Å²) >= 11 is 0. The van der Waals surface area contributed by atoms with Crippen molar-refractivity contribution in [2.45, 2.75) is 20.5 Å². The van der Waals surface area contributed by atoms with Gasteiger partial charge in [-0.1, -0.05) is 18.2 Å². The number of hydrogen-bond donors (Lipinski definition) is 1. The Morgan fingerprint density at radius 1 is 0.920 bits per heavy atom. The molecule has 2 aromatic rings. The third-order valence-corrected chi connectivity index (χ3v) is 3.23. The first-order valence-electron chi connectivity index (χ1n) is 7.80. The predicted molar refractivity (Wildman–Crippen MR) is 92.3 cm³/mol. The summed E-state index contributed by atoms with van der Waals surface area (Å²) in [7, 11) is 0. The minimum atomic E-state index is -0.520. The zero-order chi connectivity index (χ0) is 18.2. The average molecular weight is 341 g/mol. The monoisotopic (exact) mass is 341 g/mol. The third kappa shape index (κ3) is 5.46. The highest BCUT2D eigenvalue weighted by atomic mass is 16.5. The summed E-state index contributed by atoms with van der Waals surface area (Å²) in [5.74, 6) is -1.16. The van der Waals surface area contributed by atoms with E-state index in [4.69, 9.17) is 9.47 Å². The Kier molecular flexibility index (Phi) is 6.28. The summed E-state index contributed by atoms with van der Waals surface area (Å²) in [5.41, 5.74) is 1.93. The lowest BCUT2D eigenvalue weighted by atomic mass is 10.1. The van der Waals surface area contributed by atoms with Crippen molar-refractivity contribution in [1.29, 1.82) is 0 Å². The largest absolute Gasteiger partial charge is 0.462 e. The highest BCUT2D eigenvalue weighted by molar-refractivity contribution is 5.93. The first kappa shape index (κ1) is 18.2. The molecule has 0 aliphatic rings. The van der Waals surface area contributed by atoms with E-state index >= 15 is 0 Å². The molecule has 6 heteroatoms. The first-order valence-corrected chi connectivity index (χ1v) is 7.80. The fourth-order valence-corrected chi connectivity index (χ4v) is 2.16. The van der Waals surface area contributed by atoms with Gasteiger partial charge in [-0.15, -0.1) is 0 Å². The highest BCUT2D eigenvalue weighted by Crippen LogP contribution is 2.14. The molecule has 0 fully saturated rings. The molecular weight excluding hydrogens is 322 g/mol. The van der Waals surface area contributed by atoms with Crippen LogP contribution < -0.4 is 5.32 Å². The summed E-state index contributed by atoms with van der Waals surface area (Å²) in [4.78, 5) is 34.9. The number of carbonyl (C=O) groups is 3. The van der Waals surface area contributed by atoms with Gasteiger partial charge in [0.2, 0.25) is 5.91 Å². The number of hydrogen-bond acceptors (Lipinski definition) is 5. The Hall–Kier alpha value is -3.15. The van der Waals surface area contributed by atoms with Gasteiger partial charge in [0, 0.05) is 12.6 Å². The van der Waals surface area contributed by atoms with Crippen LogP contribution in [0.2, 0.25) is 0 Å². The number of nitrogens with one attached hydrogen (secondary N) is 1.